The number of carbonyl (C=O) groups is 1. The number of benzene rings is 1. The molecule has 4 heterocycles. The number of rotatable bonds is 6. The van der Waals surface area contributed by atoms with Crippen LogP contribution in [0.5, 0.6) is 0 Å². The lowest BCUT2D eigenvalue weighted by Crippen LogP contribution is -2.42. The highest BCUT2D eigenvalue weighted by Gasteiger charge is 2.21. The minimum atomic E-state index is -0.657. The van der Waals surface area contributed by atoms with E-state index >= 15 is 0 Å². The Bertz CT molecular complexity index is 1310. The number of aromatic nitrogens is 5. The zero-order valence-corrected chi connectivity index (χ0v) is 18.8. The van der Waals surface area contributed by atoms with E-state index in [4.69, 9.17) is 0 Å². The molecule has 1 aromatic carbocycles. The molecule has 0 aliphatic carbocycles. The van der Waals surface area contributed by atoms with E-state index in [1.54, 1.807) is 17.1 Å². The lowest BCUT2D eigenvalue weighted by Gasteiger charge is -2.30. The molecule has 0 spiro atoms. The number of nitrogens with one attached hydrogen (secondary N) is 1. The number of β-amino-alcohol motifs (C(OH)–C–C–N with tert-alkyl or cyclic N) is 1. The summed E-state index contributed by atoms with van der Waals surface area (Å²) in [6.07, 6.45) is 7.46. The molecule has 5 rings (SSSR count). The van der Waals surface area contributed by atoms with Gasteiger partial charge >= 0.3 is 0 Å². The van der Waals surface area contributed by atoms with Gasteiger partial charge in [0.25, 0.3) is 5.91 Å². The first kappa shape index (κ1) is 21.3. The van der Waals surface area contributed by atoms with Crippen LogP contribution in [0.25, 0.3) is 16.9 Å². The number of hydrogen-bond acceptors (Lipinski definition) is 6. The lowest BCUT2D eigenvalue weighted by atomic mass is 10.00. The van der Waals surface area contributed by atoms with Crippen molar-refractivity contribution in [3.63, 3.8) is 0 Å². The number of carbonyl (C=O) groups excluding carboxylic acids is 1. The molecule has 1 aliphatic rings. The van der Waals surface area contributed by atoms with Gasteiger partial charge in [0.05, 0.1) is 29.9 Å². The maximum Gasteiger partial charge on any atom is 0.271 e. The van der Waals surface area contributed by atoms with Crippen LogP contribution in [0.2, 0.25) is 0 Å². The molecule has 0 unspecified atom stereocenters. The fraction of sp³-hybridized carbons (Fsp3) is 0.333. The molecular weight excluding hydrogens is 418 g/mol. The van der Waals surface area contributed by atoms with Crippen LogP contribution in [0, 0.1) is 6.92 Å². The molecule has 0 radical (unpaired) electrons. The van der Waals surface area contributed by atoms with Crippen molar-refractivity contribution in [2.75, 3.05) is 19.6 Å². The molecule has 170 valence electrons. The third kappa shape index (κ3) is 4.37. The van der Waals surface area contributed by atoms with E-state index in [0.717, 1.165) is 36.5 Å². The quantitative estimate of drug-likeness (QED) is 0.468. The molecule has 0 bridgehead atoms. The van der Waals surface area contributed by atoms with Gasteiger partial charge in [-0.15, -0.1) is 0 Å². The fourth-order valence-electron chi connectivity index (χ4n) is 4.36. The van der Waals surface area contributed by atoms with Gasteiger partial charge in [-0.2, -0.15) is 5.10 Å². The van der Waals surface area contributed by atoms with Crippen molar-refractivity contribution in [1.82, 2.24) is 34.4 Å². The summed E-state index contributed by atoms with van der Waals surface area (Å²) in [5.74, 6) is -0.304. The molecule has 2 N–H and O–H groups in total. The SMILES string of the molecule is Cc1c(C(=O)NC[C@H](O)CN2CCc3ccccc3C2)nc2cnc(-c3cnn(C)c3)cn12. The van der Waals surface area contributed by atoms with E-state index in [1.807, 2.05) is 36.8 Å². The van der Waals surface area contributed by atoms with Crippen LogP contribution in [0.15, 0.2) is 49.1 Å². The van der Waals surface area contributed by atoms with E-state index < -0.39 is 6.10 Å². The molecule has 9 heteroatoms. The van der Waals surface area contributed by atoms with Crippen LogP contribution in [0.4, 0.5) is 0 Å². The first-order chi connectivity index (χ1) is 16.0. The van der Waals surface area contributed by atoms with Gasteiger partial charge < -0.3 is 14.8 Å². The van der Waals surface area contributed by atoms with Crippen molar-refractivity contribution in [1.29, 1.82) is 0 Å². The zero-order chi connectivity index (χ0) is 22.9. The molecule has 1 atom stereocenters. The third-order valence-corrected chi connectivity index (χ3v) is 6.14. The summed E-state index contributed by atoms with van der Waals surface area (Å²) in [4.78, 5) is 23.9. The first-order valence-electron chi connectivity index (χ1n) is 11.1. The fourth-order valence-corrected chi connectivity index (χ4v) is 4.36. The maximum absolute atomic E-state index is 12.8. The summed E-state index contributed by atoms with van der Waals surface area (Å²) in [7, 11) is 1.85. The van der Waals surface area contributed by atoms with Crippen LogP contribution < -0.4 is 5.32 Å². The van der Waals surface area contributed by atoms with Gasteiger partial charge in [-0.05, 0) is 24.5 Å². The van der Waals surface area contributed by atoms with Crippen molar-refractivity contribution >= 4 is 11.6 Å². The molecule has 1 aliphatic heterocycles. The molecule has 0 fully saturated rings. The Morgan fingerprint density at radius 3 is 2.82 bits per heavy atom. The average molecular weight is 446 g/mol. The highest BCUT2D eigenvalue weighted by atomic mass is 16.3. The van der Waals surface area contributed by atoms with Gasteiger partial charge in [-0.3, -0.25) is 19.4 Å². The van der Waals surface area contributed by atoms with Gasteiger partial charge in [0.2, 0.25) is 0 Å². The van der Waals surface area contributed by atoms with E-state index in [-0.39, 0.29) is 12.5 Å². The number of aryl methyl sites for hydroxylation is 2. The van der Waals surface area contributed by atoms with Crippen LogP contribution in [0.3, 0.4) is 0 Å². The molecular formula is C24H27N7O2. The monoisotopic (exact) mass is 445 g/mol. The number of nitrogens with zero attached hydrogens (tertiary/aromatic N) is 6. The van der Waals surface area contributed by atoms with Crippen LogP contribution in [0.1, 0.15) is 27.3 Å². The Labute approximate surface area is 191 Å². The Morgan fingerprint density at radius 2 is 2.03 bits per heavy atom. The van der Waals surface area contributed by atoms with Gasteiger partial charge in [-0.1, -0.05) is 24.3 Å². The van der Waals surface area contributed by atoms with E-state index in [2.05, 4.69) is 43.5 Å². The van der Waals surface area contributed by atoms with Crippen LogP contribution >= 0.6 is 0 Å². The van der Waals surface area contributed by atoms with E-state index in [9.17, 15) is 9.90 Å². The number of aliphatic hydroxyl groups is 1. The predicted octanol–water partition coefficient (Wildman–Crippen LogP) is 1.59. The van der Waals surface area contributed by atoms with Crippen molar-refractivity contribution in [2.45, 2.75) is 26.0 Å². The Morgan fingerprint density at radius 1 is 1.21 bits per heavy atom. The average Bonchev–Trinajstić information content (AvgIpc) is 3.40. The second-order valence-corrected chi connectivity index (χ2v) is 8.57. The number of imidazole rings is 1. The number of amides is 1. The molecule has 33 heavy (non-hydrogen) atoms. The number of hydrogen-bond donors (Lipinski definition) is 2. The Balaban J connectivity index is 1.22. The topological polar surface area (TPSA) is 101 Å². The smallest absolute Gasteiger partial charge is 0.271 e. The molecule has 1 amide bonds. The van der Waals surface area contributed by atoms with Crippen molar-refractivity contribution < 1.29 is 9.90 Å². The maximum atomic E-state index is 12.8. The molecule has 3 aromatic heterocycles. The van der Waals surface area contributed by atoms with Crippen molar-refractivity contribution in [3.8, 4) is 11.3 Å². The standard InChI is InChI=1S/C24H27N7O2/c1-16-23(28-22-11-25-21(15-31(16)22)19-9-27-29(2)12-19)24(33)26-10-20(32)14-30-8-7-17-5-3-4-6-18(17)13-30/h3-6,9,11-12,15,20,32H,7-8,10,13-14H2,1-2H3,(H,26,33)/t20-/m0/s1. The highest BCUT2D eigenvalue weighted by Crippen LogP contribution is 2.20. The number of fused-ring (bicyclic) bond motifs is 2. The lowest BCUT2D eigenvalue weighted by molar-refractivity contribution is 0.0838. The minimum absolute atomic E-state index is 0.170. The van der Waals surface area contributed by atoms with Gasteiger partial charge in [0, 0.05) is 51.2 Å². The summed E-state index contributed by atoms with van der Waals surface area (Å²) in [6, 6.07) is 8.41. The molecule has 9 nitrogen and oxygen atoms in total. The normalized spacial score (nSPS) is 14.9. The number of aliphatic hydroxyl groups excluding tert-OH is 1. The third-order valence-electron chi connectivity index (χ3n) is 6.14. The zero-order valence-electron chi connectivity index (χ0n) is 18.8. The van der Waals surface area contributed by atoms with Crippen LogP contribution in [-0.4, -0.2) is 65.8 Å². The van der Waals surface area contributed by atoms with Crippen molar-refractivity contribution in [3.05, 3.63) is 71.6 Å². The van der Waals surface area contributed by atoms with Crippen LogP contribution in [-0.2, 0) is 20.0 Å². The molecule has 0 saturated carbocycles. The van der Waals surface area contributed by atoms with E-state index in [1.165, 1.54) is 11.1 Å². The van der Waals surface area contributed by atoms with Gasteiger partial charge in [-0.25, -0.2) is 4.98 Å². The summed E-state index contributed by atoms with van der Waals surface area (Å²) in [5.41, 5.74) is 5.97. The highest BCUT2D eigenvalue weighted by molar-refractivity contribution is 5.94. The Hall–Kier alpha value is -3.56. The first-order valence-corrected chi connectivity index (χ1v) is 11.1. The van der Waals surface area contributed by atoms with E-state index in [0.29, 0.717) is 17.9 Å². The molecule has 4 aromatic rings. The predicted molar refractivity (Wildman–Crippen MR) is 124 cm³/mol. The van der Waals surface area contributed by atoms with Crippen molar-refractivity contribution in [2.24, 2.45) is 7.05 Å². The molecule has 0 saturated heterocycles. The minimum Gasteiger partial charge on any atom is -0.390 e. The summed E-state index contributed by atoms with van der Waals surface area (Å²) in [5, 5.41) is 17.5. The summed E-state index contributed by atoms with van der Waals surface area (Å²) in [6.45, 7) is 4.25. The van der Waals surface area contributed by atoms with Gasteiger partial charge in [0.1, 0.15) is 5.69 Å². The summed E-state index contributed by atoms with van der Waals surface area (Å²) < 4.78 is 3.57. The second-order valence-electron chi connectivity index (χ2n) is 8.57. The largest absolute Gasteiger partial charge is 0.390 e. The van der Waals surface area contributed by atoms with Gasteiger partial charge in [0.15, 0.2) is 5.65 Å². The Kier molecular flexibility index (Phi) is 5.65. The second kappa shape index (κ2) is 8.76. The summed E-state index contributed by atoms with van der Waals surface area (Å²) >= 11 is 0.